The zero-order valence-corrected chi connectivity index (χ0v) is 10.4. The third-order valence-electron chi connectivity index (χ3n) is 3.64. The number of benzene rings is 1. The van der Waals surface area contributed by atoms with Crippen LogP contribution in [0.2, 0.25) is 0 Å². The first-order chi connectivity index (χ1) is 8.79. The van der Waals surface area contributed by atoms with Gasteiger partial charge in [-0.05, 0) is 36.5 Å². The van der Waals surface area contributed by atoms with Crippen molar-refractivity contribution in [2.75, 3.05) is 7.11 Å². The molecule has 1 aromatic heterocycles. The summed E-state index contributed by atoms with van der Waals surface area (Å²) in [5.74, 6) is 0.504. The van der Waals surface area contributed by atoms with Crippen LogP contribution in [-0.4, -0.2) is 23.3 Å². The molecule has 0 aliphatic heterocycles. The van der Waals surface area contributed by atoms with Gasteiger partial charge in [-0.3, -0.25) is 4.98 Å². The second kappa shape index (κ2) is 4.67. The summed E-state index contributed by atoms with van der Waals surface area (Å²) in [6.45, 7) is 0. The average Bonchev–Trinajstić information content (AvgIpc) is 3.23. The number of aliphatic hydroxyl groups is 1. The largest absolute Gasteiger partial charge is 0.386 e. The Balaban J connectivity index is 1.92. The number of nitrogens with zero attached hydrogens (tertiary/aromatic N) is 1. The maximum atomic E-state index is 10.4. The highest BCUT2D eigenvalue weighted by molar-refractivity contribution is 5.78. The van der Waals surface area contributed by atoms with Gasteiger partial charge in [0, 0.05) is 18.7 Å². The molecule has 3 nitrogen and oxygen atoms in total. The second-order valence-corrected chi connectivity index (χ2v) is 4.94. The van der Waals surface area contributed by atoms with Crippen molar-refractivity contribution in [2.24, 2.45) is 5.92 Å². The van der Waals surface area contributed by atoms with E-state index in [1.807, 2.05) is 30.3 Å². The van der Waals surface area contributed by atoms with Crippen LogP contribution in [0.5, 0.6) is 0 Å². The van der Waals surface area contributed by atoms with Gasteiger partial charge in [-0.15, -0.1) is 0 Å². The number of hydrogen-bond acceptors (Lipinski definition) is 3. The molecule has 0 radical (unpaired) electrons. The van der Waals surface area contributed by atoms with Crippen LogP contribution in [-0.2, 0) is 4.74 Å². The van der Waals surface area contributed by atoms with Crippen molar-refractivity contribution < 1.29 is 9.84 Å². The van der Waals surface area contributed by atoms with Gasteiger partial charge in [0.05, 0.1) is 11.6 Å². The van der Waals surface area contributed by atoms with E-state index in [2.05, 4.69) is 4.98 Å². The van der Waals surface area contributed by atoms with Crippen LogP contribution in [0.3, 0.4) is 0 Å². The van der Waals surface area contributed by atoms with Gasteiger partial charge in [0.15, 0.2) is 0 Å². The van der Waals surface area contributed by atoms with E-state index < -0.39 is 6.10 Å². The zero-order chi connectivity index (χ0) is 12.5. The summed E-state index contributed by atoms with van der Waals surface area (Å²) in [6, 6.07) is 9.85. The predicted molar refractivity (Wildman–Crippen MR) is 70.2 cm³/mol. The summed E-state index contributed by atoms with van der Waals surface area (Å²) >= 11 is 0. The van der Waals surface area contributed by atoms with Crippen molar-refractivity contribution in [3.05, 3.63) is 42.1 Å². The lowest BCUT2D eigenvalue weighted by molar-refractivity contribution is -0.0258. The molecule has 1 N–H and O–H groups in total. The van der Waals surface area contributed by atoms with E-state index in [1.165, 1.54) is 0 Å². The molecule has 2 unspecified atom stereocenters. The van der Waals surface area contributed by atoms with E-state index in [4.69, 9.17) is 4.74 Å². The number of rotatable bonds is 4. The molecule has 18 heavy (non-hydrogen) atoms. The normalized spacial score (nSPS) is 18.8. The van der Waals surface area contributed by atoms with Crippen molar-refractivity contribution >= 4 is 10.9 Å². The summed E-state index contributed by atoms with van der Waals surface area (Å²) in [6.07, 6.45) is 3.43. The van der Waals surface area contributed by atoms with Crippen molar-refractivity contribution in [3.8, 4) is 0 Å². The predicted octanol–water partition coefficient (Wildman–Crippen LogP) is 2.69. The molecule has 2 aromatic rings. The number of aliphatic hydroxyl groups excluding tert-OH is 1. The van der Waals surface area contributed by atoms with Gasteiger partial charge in [0.1, 0.15) is 6.10 Å². The number of methoxy groups -OCH3 is 1. The Labute approximate surface area is 106 Å². The number of ether oxygens (including phenoxy) is 1. The maximum absolute atomic E-state index is 10.4. The van der Waals surface area contributed by atoms with E-state index in [0.29, 0.717) is 5.92 Å². The van der Waals surface area contributed by atoms with E-state index in [0.717, 1.165) is 29.3 Å². The fourth-order valence-corrected chi connectivity index (χ4v) is 2.46. The molecular formula is C15H17NO2. The van der Waals surface area contributed by atoms with E-state index in [-0.39, 0.29) is 6.10 Å². The minimum Gasteiger partial charge on any atom is -0.386 e. The molecule has 0 amide bonds. The monoisotopic (exact) mass is 243 g/mol. The number of aromatic nitrogens is 1. The van der Waals surface area contributed by atoms with Gasteiger partial charge in [-0.1, -0.05) is 18.2 Å². The highest BCUT2D eigenvalue weighted by Crippen LogP contribution is 2.39. The van der Waals surface area contributed by atoms with Gasteiger partial charge in [0.2, 0.25) is 0 Å². The Bertz CT molecular complexity index is 551. The smallest absolute Gasteiger partial charge is 0.105 e. The molecule has 1 saturated carbocycles. The van der Waals surface area contributed by atoms with Gasteiger partial charge >= 0.3 is 0 Å². The fourth-order valence-electron chi connectivity index (χ4n) is 2.46. The Morgan fingerprint density at radius 1 is 1.33 bits per heavy atom. The van der Waals surface area contributed by atoms with Gasteiger partial charge < -0.3 is 9.84 Å². The van der Waals surface area contributed by atoms with Crippen molar-refractivity contribution in [2.45, 2.75) is 25.0 Å². The second-order valence-electron chi connectivity index (χ2n) is 4.94. The molecule has 94 valence electrons. The van der Waals surface area contributed by atoms with Crippen LogP contribution in [0.4, 0.5) is 0 Å². The van der Waals surface area contributed by atoms with Crippen LogP contribution in [0.15, 0.2) is 36.5 Å². The molecule has 2 atom stereocenters. The molecular weight excluding hydrogens is 226 g/mol. The van der Waals surface area contributed by atoms with Crippen LogP contribution < -0.4 is 0 Å². The maximum Gasteiger partial charge on any atom is 0.105 e. The SMILES string of the molecule is COC(C1CC1)C(O)c1ccc2cccnc2c1. The lowest BCUT2D eigenvalue weighted by Crippen LogP contribution is -2.23. The van der Waals surface area contributed by atoms with Gasteiger partial charge in [-0.25, -0.2) is 0 Å². The zero-order valence-electron chi connectivity index (χ0n) is 10.4. The van der Waals surface area contributed by atoms with Crippen LogP contribution in [0.25, 0.3) is 10.9 Å². The molecule has 1 aliphatic carbocycles. The summed E-state index contributed by atoms with van der Waals surface area (Å²) in [5, 5.41) is 11.5. The Hall–Kier alpha value is -1.45. The molecule has 1 heterocycles. The first kappa shape index (κ1) is 11.6. The summed E-state index contributed by atoms with van der Waals surface area (Å²) in [5.41, 5.74) is 1.81. The Morgan fingerprint density at radius 3 is 2.89 bits per heavy atom. The Morgan fingerprint density at radius 2 is 2.17 bits per heavy atom. The topological polar surface area (TPSA) is 42.4 Å². The molecule has 0 spiro atoms. The first-order valence-corrected chi connectivity index (χ1v) is 6.35. The van der Waals surface area contributed by atoms with Gasteiger partial charge in [-0.2, -0.15) is 0 Å². The molecule has 1 aliphatic rings. The molecule has 1 fully saturated rings. The molecule has 3 heteroatoms. The fraction of sp³-hybridized carbons (Fsp3) is 0.400. The minimum absolute atomic E-state index is 0.0915. The molecule has 0 saturated heterocycles. The Kier molecular flexibility index (Phi) is 3.02. The van der Waals surface area contributed by atoms with E-state index in [9.17, 15) is 5.11 Å². The van der Waals surface area contributed by atoms with Crippen LogP contribution in [0.1, 0.15) is 24.5 Å². The number of fused-ring (bicyclic) bond motifs is 1. The molecule has 0 bridgehead atoms. The van der Waals surface area contributed by atoms with Crippen LogP contribution >= 0.6 is 0 Å². The first-order valence-electron chi connectivity index (χ1n) is 6.35. The van der Waals surface area contributed by atoms with Crippen molar-refractivity contribution in [1.29, 1.82) is 0 Å². The molecule has 3 rings (SSSR count). The van der Waals surface area contributed by atoms with E-state index >= 15 is 0 Å². The lowest BCUT2D eigenvalue weighted by Gasteiger charge is -2.21. The van der Waals surface area contributed by atoms with Gasteiger partial charge in [0.25, 0.3) is 0 Å². The summed E-state index contributed by atoms with van der Waals surface area (Å²) < 4.78 is 5.43. The number of hydrogen-bond donors (Lipinski definition) is 1. The highest BCUT2D eigenvalue weighted by Gasteiger charge is 2.36. The quantitative estimate of drug-likeness (QED) is 0.897. The lowest BCUT2D eigenvalue weighted by atomic mass is 9.99. The summed E-state index contributed by atoms with van der Waals surface area (Å²) in [7, 11) is 1.67. The molecule has 1 aromatic carbocycles. The minimum atomic E-state index is -0.561. The third-order valence-corrected chi connectivity index (χ3v) is 3.64. The van der Waals surface area contributed by atoms with Crippen molar-refractivity contribution in [3.63, 3.8) is 0 Å². The third kappa shape index (κ3) is 2.11. The summed E-state index contributed by atoms with van der Waals surface area (Å²) in [4.78, 5) is 4.32. The van der Waals surface area contributed by atoms with Crippen LogP contribution in [0, 0.1) is 5.92 Å². The standard InChI is InChI=1S/C15H17NO2/c1-18-15(11-5-6-11)14(17)12-7-4-10-3-2-8-16-13(10)9-12/h2-4,7-9,11,14-15,17H,5-6H2,1H3. The highest BCUT2D eigenvalue weighted by atomic mass is 16.5. The van der Waals surface area contributed by atoms with Crippen molar-refractivity contribution in [1.82, 2.24) is 4.98 Å². The average molecular weight is 243 g/mol. The number of pyridine rings is 1. The van der Waals surface area contributed by atoms with E-state index in [1.54, 1.807) is 13.3 Å².